The summed E-state index contributed by atoms with van der Waals surface area (Å²) in [5.74, 6) is -0.700. The van der Waals surface area contributed by atoms with Gasteiger partial charge < -0.3 is 9.84 Å². The van der Waals surface area contributed by atoms with Crippen molar-refractivity contribution in [1.29, 1.82) is 0 Å². The molecule has 4 heteroatoms. The van der Waals surface area contributed by atoms with Gasteiger partial charge in [0.05, 0.1) is 6.10 Å². The molecule has 1 N–H and O–H groups in total. The molecular weight excluding hydrogens is 274 g/mol. The van der Waals surface area contributed by atoms with Gasteiger partial charge in [-0.25, -0.2) is 8.78 Å². The number of benzene rings is 2. The SMILES string of the molecule is Cc1cc(C(O)c2ccc(OC(C)C)cc2)c(F)cc1F. The molecule has 1 atom stereocenters. The zero-order valence-corrected chi connectivity index (χ0v) is 12.2. The maximum absolute atomic E-state index is 13.8. The van der Waals surface area contributed by atoms with Crippen molar-refractivity contribution < 1.29 is 18.6 Å². The summed E-state index contributed by atoms with van der Waals surface area (Å²) in [4.78, 5) is 0. The van der Waals surface area contributed by atoms with Gasteiger partial charge in [-0.1, -0.05) is 12.1 Å². The van der Waals surface area contributed by atoms with Crippen molar-refractivity contribution in [3.8, 4) is 5.75 Å². The number of hydrogen-bond acceptors (Lipinski definition) is 2. The average Bonchev–Trinajstić information content (AvgIpc) is 2.42. The van der Waals surface area contributed by atoms with E-state index in [9.17, 15) is 13.9 Å². The van der Waals surface area contributed by atoms with Crippen molar-refractivity contribution in [2.45, 2.75) is 33.0 Å². The number of halogens is 2. The molecule has 0 saturated heterocycles. The lowest BCUT2D eigenvalue weighted by atomic mass is 9.99. The molecule has 112 valence electrons. The lowest BCUT2D eigenvalue weighted by Crippen LogP contribution is -2.07. The normalized spacial score (nSPS) is 12.5. The molecule has 0 saturated carbocycles. The van der Waals surface area contributed by atoms with Gasteiger partial charge in [0, 0.05) is 11.6 Å². The van der Waals surface area contributed by atoms with Crippen molar-refractivity contribution >= 4 is 0 Å². The fraction of sp³-hybridized carbons (Fsp3) is 0.294. The topological polar surface area (TPSA) is 29.5 Å². The molecule has 2 rings (SSSR count). The standard InChI is InChI=1S/C17H18F2O2/c1-10(2)21-13-6-4-12(5-7-13)17(20)14-8-11(3)15(18)9-16(14)19/h4-10,17,20H,1-3H3. The van der Waals surface area contributed by atoms with Crippen LogP contribution < -0.4 is 4.74 Å². The molecule has 2 aromatic rings. The molecule has 0 amide bonds. The summed E-state index contributed by atoms with van der Waals surface area (Å²) in [5.41, 5.74) is 0.882. The van der Waals surface area contributed by atoms with Gasteiger partial charge in [0.2, 0.25) is 0 Å². The van der Waals surface area contributed by atoms with Gasteiger partial charge in [-0.05, 0) is 50.1 Å². The van der Waals surface area contributed by atoms with Gasteiger partial charge in [-0.15, -0.1) is 0 Å². The van der Waals surface area contributed by atoms with Crippen LogP contribution in [-0.2, 0) is 0 Å². The Kier molecular flexibility index (Phi) is 4.58. The third-order valence-electron chi connectivity index (χ3n) is 3.14. The summed E-state index contributed by atoms with van der Waals surface area (Å²) < 4.78 is 32.6. The Morgan fingerprint density at radius 1 is 1.00 bits per heavy atom. The van der Waals surface area contributed by atoms with Crippen LogP contribution in [0, 0.1) is 18.6 Å². The molecule has 0 bridgehead atoms. The van der Waals surface area contributed by atoms with Gasteiger partial charge in [0.25, 0.3) is 0 Å². The van der Waals surface area contributed by atoms with Gasteiger partial charge in [0.1, 0.15) is 23.5 Å². The van der Waals surface area contributed by atoms with Gasteiger partial charge in [-0.3, -0.25) is 0 Å². The molecule has 0 fully saturated rings. The Bertz CT molecular complexity index is 621. The van der Waals surface area contributed by atoms with Crippen LogP contribution in [0.15, 0.2) is 36.4 Å². The molecule has 0 aliphatic rings. The fourth-order valence-electron chi connectivity index (χ4n) is 2.07. The van der Waals surface area contributed by atoms with Crippen molar-refractivity contribution in [3.05, 3.63) is 64.7 Å². The first-order valence-corrected chi connectivity index (χ1v) is 6.78. The second kappa shape index (κ2) is 6.22. The Hall–Kier alpha value is -1.94. The molecular formula is C17H18F2O2. The number of aliphatic hydroxyl groups excluding tert-OH is 1. The van der Waals surface area contributed by atoms with E-state index in [1.54, 1.807) is 24.3 Å². The zero-order chi connectivity index (χ0) is 15.6. The molecule has 0 aromatic heterocycles. The quantitative estimate of drug-likeness (QED) is 0.917. The highest BCUT2D eigenvalue weighted by Gasteiger charge is 2.17. The summed E-state index contributed by atoms with van der Waals surface area (Å²) in [5, 5.41) is 10.3. The van der Waals surface area contributed by atoms with Crippen molar-refractivity contribution in [2.75, 3.05) is 0 Å². The van der Waals surface area contributed by atoms with E-state index in [0.29, 0.717) is 16.9 Å². The number of aliphatic hydroxyl groups is 1. The molecule has 1 unspecified atom stereocenters. The van der Waals surface area contributed by atoms with Gasteiger partial charge >= 0.3 is 0 Å². The molecule has 0 heterocycles. The van der Waals surface area contributed by atoms with Crippen molar-refractivity contribution in [2.24, 2.45) is 0 Å². The van der Waals surface area contributed by atoms with Crippen LogP contribution in [0.5, 0.6) is 5.75 Å². The van der Waals surface area contributed by atoms with Crippen molar-refractivity contribution in [1.82, 2.24) is 0 Å². The fourth-order valence-corrected chi connectivity index (χ4v) is 2.07. The van der Waals surface area contributed by atoms with Crippen LogP contribution in [0.3, 0.4) is 0 Å². The highest BCUT2D eigenvalue weighted by atomic mass is 19.1. The molecule has 0 spiro atoms. The monoisotopic (exact) mass is 292 g/mol. The maximum atomic E-state index is 13.8. The number of ether oxygens (including phenoxy) is 1. The van der Waals surface area contributed by atoms with Crippen LogP contribution in [0.25, 0.3) is 0 Å². The van der Waals surface area contributed by atoms with E-state index in [0.717, 1.165) is 6.07 Å². The summed E-state index contributed by atoms with van der Waals surface area (Å²) in [6.45, 7) is 5.36. The first kappa shape index (κ1) is 15.4. The molecule has 0 aliphatic carbocycles. The first-order chi connectivity index (χ1) is 9.88. The highest BCUT2D eigenvalue weighted by molar-refractivity contribution is 5.36. The van der Waals surface area contributed by atoms with E-state index in [2.05, 4.69) is 0 Å². The number of aryl methyl sites for hydroxylation is 1. The summed E-state index contributed by atoms with van der Waals surface area (Å²) in [6, 6.07) is 8.89. The van der Waals surface area contributed by atoms with Crippen LogP contribution in [-0.4, -0.2) is 11.2 Å². The second-order valence-electron chi connectivity index (χ2n) is 5.26. The summed E-state index contributed by atoms with van der Waals surface area (Å²) in [6.07, 6.45) is -1.09. The number of rotatable bonds is 4. The van der Waals surface area contributed by atoms with Gasteiger partial charge in [0.15, 0.2) is 0 Å². The van der Waals surface area contributed by atoms with E-state index in [1.165, 1.54) is 13.0 Å². The molecule has 2 aromatic carbocycles. The summed E-state index contributed by atoms with van der Waals surface area (Å²) >= 11 is 0. The Morgan fingerprint density at radius 3 is 2.19 bits per heavy atom. The van der Waals surface area contributed by atoms with E-state index in [-0.39, 0.29) is 11.7 Å². The lowest BCUT2D eigenvalue weighted by molar-refractivity contribution is 0.214. The van der Waals surface area contributed by atoms with Crippen LogP contribution in [0.2, 0.25) is 0 Å². The minimum atomic E-state index is -1.14. The van der Waals surface area contributed by atoms with Crippen LogP contribution in [0.4, 0.5) is 8.78 Å². The highest BCUT2D eigenvalue weighted by Crippen LogP contribution is 2.27. The van der Waals surface area contributed by atoms with Crippen LogP contribution >= 0.6 is 0 Å². The van der Waals surface area contributed by atoms with E-state index in [1.807, 2.05) is 13.8 Å². The Labute approximate surface area is 123 Å². The predicted octanol–water partition coefficient (Wildman–Crippen LogP) is 4.14. The molecule has 0 radical (unpaired) electrons. The summed E-state index contributed by atoms with van der Waals surface area (Å²) in [7, 11) is 0. The second-order valence-corrected chi connectivity index (χ2v) is 5.26. The largest absolute Gasteiger partial charge is 0.491 e. The Balaban J connectivity index is 2.27. The van der Waals surface area contributed by atoms with Gasteiger partial charge in [-0.2, -0.15) is 0 Å². The molecule has 21 heavy (non-hydrogen) atoms. The maximum Gasteiger partial charge on any atom is 0.132 e. The van der Waals surface area contributed by atoms with Crippen LogP contribution in [0.1, 0.15) is 36.6 Å². The molecule has 0 aliphatic heterocycles. The Morgan fingerprint density at radius 2 is 1.62 bits per heavy atom. The zero-order valence-electron chi connectivity index (χ0n) is 12.2. The van der Waals surface area contributed by atoms with E-state index in [4.69, 9.17) is 4.74 Å². The average molecular weight is 292 g/mol. The smallest absolute Gasteiger partial charge is 0.132 e. The lowest BCUT2D eigenvalue weighted by Gasteiger charge is -2.15. The van der Waals surface area contributed by atoms with Crippen molar-refractivity contribution in [3.63, 3.8) is 0 Å². The minimum Gasteiger partial charge on any atom is -0.491 e. The third kappa shape index (κ3) is 3.58. The van der Waals surface area contributed by atoms with E-state index < -0.39 is 17.7 Å². The van der Waals surface area contributed by atoms with E-state index >= 15 is 0 Å². The number of hydrogen-bond donors (Lipinski definition) is 1. The molecule has 2 nitrogen and oxygen atoms in total. The predicted molar refractivity (Wildman–Crippen MR) is 77.4 cm³/mol. The minimum absolute atomic E-state index is 0.0537. The first-order valence-electron chi connectivity index (χ1n) is 6.78. The third-order valence-corrected chi connectivity index (χ3v) is 3.14.